The summed E-state index contributed by atoms with van der Waals surface area (Å²) in [6.07, 6.45) is 7.02. The first-order valence-electron chi connectivity index (χ1n) is 3.07. The quantitative estimate of drug-likeness (QED) is 0.354. The van der Waals surface area contributed by atoms with Crippen molar-refractivity contribution in [2.24, 2.45) is 5.16 Å². The molecule has 1 rings (SSSR count). The Labute approximate surface area is 64.5 Å². The van der Waals surface area contributed by atoms with Gasteiger partial charge in [-0.05, 0) is 12.8 Å². The van der Waals surface area contributed by atoms with Crippen molar-refractivity contribution >= 4 is 17.8 Å². The zero-order valence-corrected chi connectivity index (χ0v) is 6.17. The minimum atomic E-state index is 0.764. The predicted octanol–water partition coefficient (Wildman–Crippen LogP) is 2.29. The third-order valence-electron chi connectivity index (χ3n) is 1.34. The summed E-state index contributed by atoms with van der Waals surface area (Å²) in [6, 6.07) is 0. The molecule has 2 nitrogen and oxygen atoms in total. The number of hydrogen-bond acceptors (Lipinski definition) is 2. The topological polar surface area (TPSA) is 32.6 Å². The lowest BCUT2D eigenvalue weighted by Crippen LogP contribution is -1.90. The molecule has 0 aromatic heterocycles. The lowest BCUT2D eigenvalue weighted by Gasteiger charge is -2.04. The largest absolute Gasteiger partial charge is 0.411 e. The number of hydrogen-bond donors (Lipinski definition) is 1. The zero-order valence-electron chi connectivity index (χ0n) is 5.42. The number of allylic oxidation sites excluding steroid dienone is 4. The van der Waals surface area contributed by atoms with Gasteiger partial charge >= 0.3 is 0 Å². The van der Waals surface area contributed by atoms with E-state index in [9.17, 15) is 0 Å². The van der Waals surface area contributed by atoms with E-state index in [1.54, 1.807) is 0 Å². The normalized spacial score (nSPS) is 18.9. The van der Waals surface area contributed by atoms with Gasteiger partial charge in [0.1, 0.15) is 0 Å². The molecule has 10 heavy (non-hydrogen) atoms. The Bertz CT molecular complexity index is 202. The third-order valence-corrected chi connectivity index (χ3v) is 1.75. The van der Waals surface area contributed by atoms with E-state index >= 15 is 0 Å². The third kappa shape index (κ3) is 1.61. The second-order valence-corrected chi connectivity index (χ2v) is 2.50. The van der Waals surface area contributed by atoms with E-state index in [0.717, 1.165) is 23.4 Å². The maximum absolute atomic E-state index is 8.18. The van der Waals surface area contributed by atoms with E-state index in [2.05, 4.69) is 5.16 Å². The minimum absolute atomic E-state index is 0.764. The highest BCUT2D eigenvalue weighted by Crippen LogP contribution is 2.20. The summed E-state index contributed by atoms with van der Waals surface area (Å²) in [5.74, 6) is 0. The molecule has 0 aromatic carbocycles. The molecule has 0 atom stereocenters. The maximum Gasteiger partial charge on any atom is 0.0745 e. The second kappa shape index (κ2) is 3.42. The van der Waals surface area contributed by atoms with E-state index < -0.39 is 0 Å². The van der Waals surface area contributed by atoms with Crippen LogP contribution in [0.2, 0.25) is 0 Å². The molecule has 0 heterocycles. The fourth-order valence-corrected chi connectivity index (χ4v) is 1.05. The zero-order chi connectivity index (χ0) is 7.40. The van der Waals surface area contributed by atoms with Crippen LogP contribution in [0.3, 0.4) is 0 Å². The highest BCUT2D eigenvalue weighted by molar-refractivity contribution is 6.31. The Morgan fingerprint density at radius 2 is 2.50 bits per heavy atom. The van der Waals surface area contributed by atoms with Gasteiger partial charge in [-0.1, -0.05) is 28.9 Å². The van der Waals surface area contributed by atoms with Gasteiger partial charge in [0, 0.05) is 10.6 Å². The van der Waals surface area contributed by atoms with Crippen molar-refractivity contribution in [3.63, 3.8) is 0 Å². The molecule has 0 fully saturated rings. The first-order chi connectivity index (χ1) is 4.84. The minimum Gasteiger partial charge on any atom is -0.411 e. The van der Waals surface area contributed by atoms with Crippen LogP contribution in [0.1, 0.15) is 12.8 Å². The molecule has 0 spiro atoms. The summed E-state index contributed by atoms with van der Waals surface area (Å²) in [5, 5.41) is 11.8. The van der Waals surface area contributed by atoms with E-state index in [0.29, 0.717) is 0 Å². The van der Waals surface area contributed by atoms with Crippen LogP contribution in [0.15, 0.2) is 27.9 Å². The second-order valence-electron chi connectivity index (χ2n) is 2.05. The summed E-state index contributed by atoms with van der Waals surface area (Å²) < 4.78 is 0. The molecule has 0 unspecified atom stereocenters. The Kier molecular flexibility index (Phi) is 2.51. The maximum atomic E-state index is 8.18. The van der Waals surface area contributed by atoms with Crippen molar-refractivity contribution in [2.75, 3.05) is 0 Å². The summed E-state index contributed by atoms with van der Waals surface area (Å²) in [5.41, 5.74) is 0.801. The van der Waals surface area contributed by atoms with Gasteiger partial charge in [-0.25, -0.2) is 0 Å². The molecule has 0 saturated carbocycles. The van der Waals surface area contributed by atoms with E-state index in [-0.39, 0.29) is 0 Å². The van der Waals surface area contributed by atoms with Crippen LogP contribution in [0.5, 0.6) is 0 Å². The van der Waals surface area contributed by atoms with Crippen LogP contribution in [0.4, 0.5) is 0 Å². The summed E-state index contributed by atoms with van der Waals surface area (Å²) in [7, 11) is 0. The Morgan fingerprint density at radius 1 is 1.70 bits per heavy atom. The predicted molar refractivity (Wildman–Crippen MR) is 41.5 cm³/mol. The van der Waals surface area contributed by atoms with Gasteiger partial charge in [0.25, 0.3) is 0 Å². The summed E-state index contributed by atoms with van der Waals surface area (Å²) in [6.45, 7) is 0. The smallest absolute Gasteiger partial charge is 0.0745 e. The fourth-order valence-electron chi connectivity index (χ4n) is 0.830. The Hall–Kier alpha value is -0.760. The molecule has 0 radical (unpaired) electrons. The van der Waals surface area contributed by atoms with Gasteiger partial charge < -0.3 is 5.21 Å². The van der Waals surface area contributed by atoms with Gasteiger partial charge in [-0.15, -0.1) is 0 Å². The molecule has 1 aliphatic carbocycles. The van der Waals surface area contributed by atoms with Gasteiger partial charge in [0.05, 0.1) is 6.21 Å². The average molecular weight is 158 g/mol. The van der Waals surface area contributed by atoms with Crippen LogP contribution in [0, 0.1) is 0 Å². The summed E-state index contributed by atoms with van der Waals surface area (Å²) >= 11 is 5.79. The lowest BCUT2D eigenvalue weighted by atomic mass is 10.1. The highest BCUT2D eigenvalue weighted by atomic mass is 35.5. The first-order valence-corrected chi connectivity index (χ1v) is 3.45. The standard InChI is InChI=1S/C7H8ClNO/c8-7-4-2-1-3-6(7)5-9-10/h1,3,5,10H,2,4H2. The lowest BCUT2D eigenvalue weighted by molar-refractivity contribution is 0.322. The molecule has 1 aliphatic rings. The van der Waals surface area contributed by atoms with E-state index in [1.807, 2.05) is 12.2 Å². The molecule has 0 amide bonds. The molecule has 1 N–H and O–H groups in total. The van der Waals surface area contributed by atoms with Crippen molar-refractivity contribution < 1.29 is 5.21 Å². The molecule has 3 heteroatoms. The van der Waals surface area contributed by atoms with Crippen molar-refractivity contribution in [3.8, 4) is 0 Å². The SMILES string of the molecule is ON=CC1=C(Cl)CCC=C1. The molecule has 0 saturated heterocycles. The molecular formula is C7H8ClNO. The molecule has 0 aromatic rings. The van der Waals surface area contributed by atoms with Gasteiger partial charge in [0.2, 0.25) is 0 Å². The van der Waals surface area contributed by atoms with Gasteiger partial charge in [-0.3, -0.25) is 0 Å². The van der Waals surface area contributed by atoms with Crippen LogP contribution in [0.25, 0.3) is 0 Å². The number of rotatable bonds is 1. The molecule has 0 bridgehead atoms. The Morgan fingerprint density at radius 3 is 3.10 bits per heavy atom. The molecular weight excluding hydrogens is 150 g/mol. The monoisotopic (exact) mass is 157 g/mol. The van der Waals surface area contributed by atoms with Crippen LogP contribution in [-0.2, 0) is 0 Å². The van der Waals surface area contributed by atoms with Crippen LogP contribution < -0.4 is 0 Å². The van der Waals surface area contributed by atoms with Crippen LogP contribution >= 0.6 is 11.6 Å². The summed E-state index contributed by atoms with van der Waals surface area (Å²) in [4.78, 5) is 0. The van der Waals surface area contributed by atoms with Crippen molar-refractivity contribution in [1.29, 1.82) is 0 Å². The highest BCUT2D eigenvalue weighted by Gasteiger charge is 2.02. The van der Waals surface area contributed by atoms with Gasteiger partial charge in [0.15, 0.2) is 0 Å². The van der Waals surface area contributed by atoms with Crippen LogP contribution in [-0.4, -0.2) is 11.4 Å². The number of nitrogens with zero attached hydrogens (tertiary/aromatic N) is 1. The average Bonchev–Trinajstić information content (AvgIpc) is 1.94. The number of oxime groups is 1. The van der Waals surface area contributed by atoms with E-state index in [4.69, 9.17) is 16.8 Å². The Balaban J connectivity index is 2.79. The number of halogens is 1. The van der Waals surface area contributed by atoms with E-state index in [1.165, 1.54) is 6.21 Å². The molecule has 0 aliphatic heterocycles. The van der Waals surface area contributed by atoms with Crippen molar-refractivity contribution in [2.45, 2.75) is 12.8 Å². The first kappa shape index (κ1) is 7.35. The fraction of sp³-hybridized carbons (Fsp3) is 0.286. The van der Waals surface area contributed by atoms with Crippen molar-refractivity contribution in [3.05, 3.63) is 22.8 Å². The molecule has 54 valence electrons. The van der Waals surface area contributed by atoms with Crippen molar-refractivity contribution in [1.82, 2.24) is 0 Å². The van der Waals surface area contributed by atoms with Gasteiger partial charge in [-0.2, -0.15) is 0 Å².